The van der Waals surface area contributed by atoms with Gasteiger partial charge in [-0.15, -0.1) is 11.3 Å². The largest absolute Gasteiger partial charge is 0.429 e. The molecule has 0 fully saturated rings. The standard InChI is InChI=1S/C27H13NO3S/c29-25-20-12-17-8-4-5-9-18(17)13-21(20)26(30)22(25)14-19-15-23-27(32-19)28-24(31-23)11-10-16-6-2-1-3-7-16/h1-9,12-15H. The maximum atomic E-state index is 12.9. The second kappa shape index (κ2) is 7.16. The van der Waals surface area contributed by atoms with E-state index in [1.807, 2.05) is 54.6 Å². The SMILES string of the molecule is O=C1C(=Cc2cc3oc(C#Cc4ccccc4)nc3s2)C(=O)c2cc3ccccc3cc21. The summed E-state index contributed by atoms with van der Waals surface area (Å²) in [4.78, 5) is 31.7. The molecule has 1 aliphatic carbocycles. The fraction of sp³-hybridized carbons (Fsp3) is 0. The first kappa shape index (κ1) is 18.5. The van der Waals surface area contributed by atoms with Crippen molar-refractivity contribution in [3.63, 3.8) is 0 Å². The Bertz CT molecular complexity index is 1570. The van der Waals surface area contributed by atoms with Crippen LogP contribution in [0.1, 0.15) is 37.0 Å². The molecule has 0 amide bonds. The van der Waals surface area contributed by atoms with E-state index in [1.165, 1.54) is 11.3 Å². The topological polar surface area (TPSA) is 60.2 Å². The average molecular weight is 431 g/mol. The number of rotatable bonds is 1. The van der Waals surface area contributed by atoms with Crippen LogP contribution in [0.3, 0.4) is 0 Å². The fourth-order valence-corrected chi connectivity index (χ4v) is 4.70. The molecule has 0 unspecified atom stereocenters. The summed E-state index contributed by atoms with van der Waals surface area (Å²) in [5.74, 6) is 5.78. The number of hydrogen-bond acceptors (Lipinski definition) is 5. The van der Waals surface area contributed by atoms with Crippen LogP contribution in [-0.2, 0) is 0 Å². The van der Waals surface area contributed by atoms with Crippen molar-refractivity contribution in [3.05, 3.63) is 106 Å². The summed E-state index contributed by atoms with van der Waals surface area (Å²) in [6.07, 6.45) is 1.63. The molecule has 150 valence electrons. The van der Waals surface area contributed by atoms with Gasteiger partial charge in [0, 0.05) is 27.6 Å². The van der Waals surface area contributed by atoms with Crippen molar-refractivity contribution in [2.24, 2.45) is 0 Å². The van der Waals surface area contributed by atoms with Crippen molar-refractivity contribution < 1.29 is 14.0 Å². The van der Waals surface area contributed by atoms with Crippen LogP contribution in [0.15, 0.2) is 82.8 Å². The Morgan fingerprint density at radius 1 is 0.812 bits per heavy atom. The van der Waals surface area contributed by atoms with Crippen molar-refractivity contribution in [2.75, 3.05) is 0 Å². The summed E-state index contributed by atoms with van der Waals surface area (Å²) >= 11 is 1.36. The molecule has 0 aliphatic heterocycles. The van der Waals surface area contributed by atoms with Gasteiger partial charge in [0.2, 0.25) is 0 Å². The van der Waals surface area contributed by atoms with Crippen molar-refractivity contribution in [2.45, 2.75) is 0 Å². The molecule has 1 aliphatic rings. The Morgan fingerprint density at radius 2 is 1.47 bits per heavy atom. The van der Waals surface area contributed by atoms with Crippen LogP contribution < -0.4 is 0 Å². The van der Waals surface area contributed by atoms with Gasteiger partial charge < -0.3 is 4.42 Å². The highest BCUT2D eigenvalue weighted by Crippen LogP contribution is 2.34. The molecule has 0 radical (unpaired) electrons. The van der Waals surface area contributed by atoms with Crippen molar-refractivity contribution in [3.8, 4) is 11.8 Å². The summed E-state index contributed by atoms with van der Waals surface area (Å²) in [6, 6.07) is 22.7. The first-order valence-corrected chi connectivity index (χ1v) is 10.8. The molecular weight excluding hydrogens is 418 g/mol. The summed E-state index contributed by atoms with van der Waals surface area (Å²) < 4.78 is 5.73. The van der Waals surface area contributed by atoms with Gasteiger partial charge in [-0.1, -0.05) is 48.4 Å². The third-order valence-electron chi connectivity index (χ3n) is 5.35. The van der Waals surface area contributed by atoms with Crippen LogP contribution in [-0.4, -0.2) is 16.6 Å². The summed E-state index contributed by atoms with van der Waals surface area (Å²) in [5, 5.41) is 1.88. The highest BCUT2D eigenvalue weighted by atomic mass is 32.1. The molecule has 6 rings (SSSR count). The number of allylic oxidation sites excluding steroid dienone is 1. The van der Waals surface area contributed by atoms with Crippen LogP contribution in [0.4, 0.5) is 0 Å². The maximum absolute atomic E-state index is 12.9. The molecule has 5 heteroatoms. The lowest BCUT2D eigenvalue weighted by atomic mass is 10.0. The summed E-state index contributed by atoms with van der Waals surface area (Å²) in [5.41, 5.74) is 2.54. The smallest absolute Gasteiger partial charge is 0.275 e. The third-order valence-corrected chi connectivity index (χ3v) is 6.30. The van der Waals surface area contributed by atoms with Gasteiger partial charge in [-0.05, 0) is 47.0 Å². The number of oxazole rings is 1. The number of fused-ring (bicyclic) bond motifs is 3. The predicted octanol–water partition coefficient (Wildman–Crippen LogP) is 5.90. The zero-order valence-electron chi connectivity index (χ0n) is 16.6. The van der Waals surface area contributed by atoms with E-state index in [-0.39, 0.29) is 17.1 Å². The van der Waals surface area contributed by atoms with E-state index < -0.39 is 0 Å². The minimum atomic E-state index is -0.247. The molecule has 0 saturated carbocycles. The highest BCUT2D eigenvalue weighted by Gasteiger charge is 2.33. The Hall–Kier alpha value is -4.27. The van der Waals surface area contributed by atoms with Crippen LogP contribution in [0.5, 0.6) is 0 Å². The fourth-order valence-electron chi connectivity index (χ4n) is 3.81. The average Bonchev–Trinajstić information content (AvgIpc) is 3.44. The number of carbonyl (C=O) groups excluding carboxylic acids is 2. The molecule has 0 N–H and O–H groups in total. The van der Waals surface area contributed by atoms with Gasteiger partial charge in [0.1, 0.15) is 0 Å². The second-order valence-corrected chi connectivity index (χ2v) is 8.48. The van der Waals surface area contributed by atoms with E-state index in [0.29, 0.717) is 27.4 Å². The lowest BCUT2D eigenvalue weighted by Gasteiger charge is -2.00. The first-order chi connectivity index (χ1) is 15.7. The van der Waals surface area contributed by atoms with E-state index in [1.54, 1.807) is 24.3 Å². The molecule has 32 heavy (non-hydrogen) atoms. The van der Waals surface area contributed by atoms with Gasteiger partial charge in [-0.3, -0.25) is 9.59 Å². The van der Waals surface area contributed by atoms with Gasteiger partial charge in [0.15, 0.2) is 22.0 Å². The van der Waals surface area contributed by atoms with E-state index in [9.17, 15) is 9.59 Å². The zero-order valence-corrected chi connectivity index (χ0v) is 17.4. The normalized spacial score (nSPS) is 12.8. The van der Waals surface area contributed by atoms with Gasteiger partial charge in [0.25, 0.3) is 5.89 Å². The Kier molecular flexibility index (Phi) is 4.14. The molecule has 0 saturated heterocycles. The number of ketones is 2. The number of aromatic nitrogens is 1. The van der Waals surface area contributed by atoms with Crippen LogP contribution in [0.2, 0.25) is 0 Å². The number of hydrogen-bond donors (Lipinski definition) is 0. The second-order valence-electron chi connectivity index (χ2n) is 7.41. The molecule has 2 heterocycles. The van der Waals surface area contributed by atoms with E-state index in [4.69, 9.17) is 4.42 Å². The maximum Gasteiger partial charge on any atom is 0.275 e. The van der Waals surface area contributed by atoms with Gasteiger partial charge >= 0.3 is 0 Å². The number of benzene rings is 3. The number of Topliss-reactive ketones (excluding diaryl/α,β-unsaturated/α-hetero) is 2. The van der Waals surface area contributed by atoms with Gasteiger partial charge in [-0.2, -0.15) is 4.98 Å². The van der Waals surface area contributed by atoms with Crippen LogP contribution in [0, 0.1) is 11.8 Å². The number of carbonyl (C=O) groups is 2. The van der Waals surface area contributed by atoms with Crippen molar-refractivity contribution >= 4 is 50.2 Å². The van der Waals surface area contributed by atoms with Gasteiger partial charge in [-0.25, -0.2) is 0 Å². The Labute approximate surface area is 186 Å². The summed E-state index contributed by atoms with van der Waals surface area (Å²) in [6.45, 7) is 0. The Balaban J connectivity index is 1.33. The molecule has 4 nitrogen and oxygen atoms in total. The van der Waals surface area contributed by atoms with E-state index in [2.05, 4.69) is 16.8 Å². The molecule has 5 aromatic rings. The number of nitrogens with zero attached hydrogens (tertiary/aromatic N) is 1. The van der Waals surface area contributed by atoms with Gasteiger partial charge in [0.05, 0.1) is 5.57 Å². The van der Waals surface area contributed by atoms with E-state index >= 15 is 0 Å². The molecule has 0 bridgehead atoms. The van der Waals surface area contributed by atoms with Crippen molar-refractivity contribution in [1.82, 2.24) is 4.98 Å². The minimum Gasteiger partial charge on any atom is -0.429 e. The predicted molar refractivity (Wildman–Crippen MR) is 125 cm³/mol. The molecule has 0 spiro atoms. The van der Waals surface area contributed by atoms with Crippen LogP contribution >= 0.6 is 11.3 Å². The quantitative estimate of drug-likeness (QED) is 0.188. The lowest BCUT2D eigenvalue weighted by Crippen LogP contribution is -1.99. The molecule has 0 atom stereocenters. The molecular formula is C27H13NO3S. The van der Waals surface area contributed by atoms with E-state index in [0.717, 1.165) is 21.2 Å². The molecule has 3 aromatic carbocycles. The molecule has 2 aromatic heterocycles. The lowest BCUT2D eigenvalue weighted by molar-refractivity contribution is 0.0990. The third kappa shape index (κ3) is 3.06. The first-order valence-electron chi connectivity index (χ1n) is 9.97. The number of thiophene rings is 1. The van der Waals surface area contributed by atoms with Crippen LogP contribution in [0.25, 0.3) is 27.3 Å². The highest BCUT2D eigenvalue weighted by molar-refractivity contribution is 7.19. The minimum absolute atomic E-state index is 0.170. The van der Waals surface area contributed by atoms with Crippen molar-refractivity contribution in [1.29, 1.82) is 0 Å². The monoisotopic (exact) mass is 431 g/mol. The zero-order chi connectivity index (χ0) is 21.7. The Morgan fingerprint density at radius 3 is 2.12 bits per heavy atom. The summed E-state index contributed by atoms with van der Waals surface area (Å²) in [7, 11) is 0.